The van der Waals surface area contributed by atoms with E-state index in [4.69, 9.17) is 11.5 Å². The molecule has 1 aromatic rings. The molecule has 0 aliphatic carbocycles. The third-order valence-electron chi connectivity index (χ3n) is 1.72. The van der Waals surface area contributed by atoms with Gasteiger partial charge in [0.05, 0.1) is 11.4 Å². The lowest BCUT2D eigenvalue weighted by Crippen LogP contribution is -2.06. The van der Waals surface area contributed by atoms with E-state index < -0.39 is 0 Å². The normalized spacial score (nSPS) is 11.0. The second-order valence-electron chi connectivity index (χ2n) is 2.56. The summed E-state index contributed by atoms with van der Waals surface area (Å²) in [5, 5.41) is 0. The van der Waals surface area contributed by atoms with E-state index in [2.05, 4.69) is 23.1 Å². The second-order valence-corrected chi connectivity index (χ2v) is 2.56. The highest BCUT2D eigenvalue weighted by atomic mass is 14.9. The van der Waals surface area contributed by atoms with E-state index in [1.54, 1.807) is 18.3 Å². The van der Waals surface area contributed by atoms with Crippen LogP contribution in [0.25, 0.3) is 0 Å². The van der Waals surface area contributed by atoms with Crippen molar-refractivity contribution >= 4 is 17.2 Å². The van der Waals surface area contributed by atoms with Crippen molar-refractivity contribution < 1.29 is 0 Å². The Morgan fingerprint density at radius 1 is 1.43 bits per heavy atom. The lowest BCUT2D eigenvalue weighted by atomic mass is 10.1. The van der Waals surface area contributed by atoms with Gasteiger partial charge in [-0.05, 0) is 12.1 Å². The number of pyridine rings is 1. The number of nitrogen functional groups attached to an aromatic ring is 2. The number of aliphatic imine (C=N–C) groups is 1. The maximum atomic E-state index is 5.74. The van der Waals surface area contributed by atoms with Gasteiger partial charge in [-0.2, -0.15) is 0 Å². The van der Waals surface area contributed by atoms with Crippen LogP contribution in [0.15, 0.2) is 42.7 Å². The summed E-state index contributed by atoms with van der Waals surface area (Å²) in [5.41, 5.74) is 13.1. The van der Waals surface area contributed by atoms with Crippen LogP contribution in [0.5, 0.6) is 0 Å². The van der Waals surface area contributed by atoms with E-state index in [9.17, 15) is 0 Å². The maximum absolute atomic E-state index is 5.74. The van der Waals surface area contributed by atoms with E-state index in [1.807, 2.05) is 0 Å². The molecule has 0 saturated heterocycles. The van der Waals surface area contributed by atoms with Gasteiger partial charge in [0.1, 0.15) is 5.82 Å². The van der Waals surface area contributed by atoms with Crippen molar-refractivity contribution in [3.8, 4) is 0 Å². The number of hydrogen-bond donors (Lipinski definition) is 2. The van der Waals surface area contributed by atoms with Crippen molar-refractivity contribution in [2.75, 3.05) is 11.5 Å². The standard InChI is InChI=1S/C10H12N4/c1-3-8(13-4-2)7-5-6-14-10(12)9(7)11/h3-6H,1-2,11H2,(H2,12,14). The zero-order valence-electron chi connectivity index (χ0n) is 7.77. The summed E-state index contributed by atoms with van der Waals surface area (Å²) < 4.78 is 0. The van der Waals surface area contributed by atoms with Crippen molar-refractivity contribution in [2.24, 2.45) is 4.99 Å². The lowest BCUT2D eigenvalue weighted by molar-refractivity contribution is 1.33. The smallest absolute Gasteiger partial charge is 0.147 e. The number of hydrogen-bond acceptors (Lipinski definition) is 4. The molecule has 1 heterocycles. The van der Waals surface area contributed by atoms with E-state index in [-0.39, 0.29) is 0 Å². The van der Waals surface area contributed by atoms with E-state index in [1.165, 1.54) is 6.20 Å². The van der Waals surface area contributed by atoms with Gasteiger partial charge in [-0.25, -0.2) is 4.98 Å². The summed E-state index contributed by atoms with van der Waals surface area (Å²) in [4.78, 5) is 7.87. The summed E-state index contributed by atoms with van der Waals surface area (Å²) in [7, 11) is 0. The first-order valence-electron chi connectivity index (χ1n) is 4.02. The van der Waals surface area contributed by atoms with Crippen molar-refractivity contribution in [2.45, 2.75) is 0 Å². The number of anilines is 2. The summed E-state index contributed by atoms with van der Waals surface area (Å²) in [6, 6.07) is 1.73. The van der Waals surface area contributed by atoms with Crippen LogP contribution in [0.3, 0.4) is 0 Å². The number of nitrogens with two attached hydrogens (primary N) is 2. The first-order chi connectivity index (χ1) is 6.70. The van der Waals surface area contributed by atoms with E-state index in [0.29, 0.717) is 22.8 Å². The topological polar surface area (TPSA) is 77.3 Å². The fourth-order valence-electron chi connectivity index (χ4n) is 1.04. The molecule has 0 spiro atoms. The molecule has 14 heavy (non-hydrogen) atoms. The van der Waals surface area contributed by atoms with Crippen LogP contribution < -0.4 is 11.5 Å². The molecule has 0 aliphatic rings. The number of aromatic nitrogens is 1. The molecule has 4 heteroatoms. The molecule has 4 N–H and O–H groups in total. The summed E-state index contributed by atoms with van der Waals surface area (Å²) in [6.07, 6.45) is 4.59. The number of nitrogens with zero attached hydrogens (tertiary/aromatic N) is 2. The quantitative estimate of drug-likeness (QED) is 0.703. The van der Waals surface area contributed by atoms with Gasteiger partial charge in [-0.3, -0.25) is 4.99 Å². The summed E-state index contributed by atoms with van der Waals surface area (Å²) >= 11 is 0. The van der Waals surface area contributed by atoms with Crippen LogP contribution in [0.2, 0.25) is 0 Å². The monoisotopic (exact) mass is 188 g/mol. The Labute approximate surface area is 82.7 Å². The fraction of sp³-hybridized carbons (Fsp3) is 0. The van der Waals surface area contributed by atoms with Gasteiger partial charge in [0.15, 0.2) is 0 Å². The molecule has 0 bridgehead atoms. The average molecular weight is 188 g/mol. The van der Waals surface area contributed by atoms with Gasteiger partial charge >= 0.3 is 0 Å². The molecular formula is C10H12N4. The molecule has 0 unspecified atom stereocenters. The van der Waals surface area contributed by atoms with Crippen molar-refractivity contribution in [1.29, 1.82) is 0 Å². The molecule has 1 rings (SSSR count). The molecule has 72 valence electrons. The molecule has 0 radical (unpaired) electrons. The molecule has 0 aromatic carbocycles. The van der Waals surface area contributed by atoms with Crippen LogP contribution in [-0.4, -0.2) is 10.7 Å². The minimum atomic E-state index is 0.293. The summed E-state index contributed by atoms with van der Waals surface area (Å²) in [6.45, 7) is 7.13. The van der Waals surface area contributed by atoms with E-state index >= 15 is 0 Å². The Kier molecular flexibility index (Phi) is 3.01. The SMILES string of the molecule is C=CN=C(C=C)c1ccnc(N)c1N. The Bertz CT molecular complexity index is 393. The number of allylic oxidation sites excluding steroid dienone is 1. The molecular weight excluding hydrogens is 176 g/mol. The zero-order chi connectivity index (χ0) is 10.6. The third-order valence-corrected chi connectivity index (χ3v) is 1.72. The lowest BCUT2D eigenvalue weighted by Gasteiger charge is -2.05. The van der Waals surface area contributed by atoms with Gasteiger partial charge in [-0.1, -0.05) is 13.2 Å². The Morgan fingerprint density at radius 3 is 2.71 bits per heavy atom. The van der Waals surface area contributed by atoms with Crippen LogP contribution in [0.4, 0.5) is 11.5 Å². The first kappa shape index (κ1) is 9.98. The zero-order valence-corrected chi connectivity index (χ0v) is 7.77. The minimum Gasteiger partial charge on any atom is -0.395 e. The first-order valence-corrected chi connectivity index (χ1v) is 4.02. The molecule has 1 aromatic heterocycles. The fourth-order valence-corrected chi connectivity index (χ4v) is 1.04. The Hall–Kier alpha value is -2.10. The van der Waals surface area contributed by atoms with Crippen LogP contribution in [0, 0.1) is 0 Å². The second kappa shape index (κ2) is 4.23. The van der Waals surface area contributed by atoms with Crippen LogP contribution in [-0.2, 0) is 0 Å². The highest BCUT2D eigenvalue weighted by Gasteiger charge is 2.06. The van der Waals surface area contributed by atoms with Gasteiger partial charge in [0.25, 0.3) is 0 Å². The van der Waals surface area contributed by atoms with Crippen molar-refractivity contribution in [1.82, 2.24) is 4.98 Å². The highest BCUT2D eigenvalue weighted by Crippen LogP contribution is 2.18. The van der Waals surface area contributed by atoms with Gasteiger partial charge in [0.2, 0.25) is 0 Å². The molecule has 0 amide bonds. The van der Waals surface area contributed by atoms with Gasteiger partial charge in [-0.15, -0.1) is 0 Å². The molecule has 4 nitrogen and oxygen atoms in total. The van der Waals surface area contributed by atoms with Crippen LogP contribution in [0.1, 0.15) is 5.56 Å². The molecule has 0 atom stereocenters. The predicted molar refractivity (Wildman–Crippen MR) is 60.0 cm³/mol. The largest absolute Gasteiger partial charge is 0.395 e. The summed E-state index contributed by atoms with van der Waals surface area (Å²) in [5.74, 6) is 0.293. The Balaban J connectivity index is 3.30. The highest BCUT2D eigenvalue weighted by molar-refractivity contribution is 6.12. The van der Waals surface area contributed by atoms with Crippen LogP contribution >= 0.6 is 0 Å². The van der Waals surface area contributed by atoms with E-state index in [0.717, 1.165) is 0 Å². The average Bonchev–Trinajstić information content (AvgIpc) is 2.19. The number of rotatable bonds is 3. The molecule has 0 fully saturated rings. The minimum absolute atomic E-state index is 0.293. The molecule has 0 saturated carbocycles. The predicted octanol–water partition coefficient (Wildman–Crippen LogP) is 1.36. The van der Waals surface area contributed by atoms with Crippen molar-refractivity contribution in [3.05, 3.63) is 43.3 Å². The molecule has 0 aliphatic heterocycles. The van der Waals surface area contributed by atoms with Crippen molar-refractivity contribution in [3.63, 3.8) is 0 Å². The third kappa shape index (κ3) is 1.80. The maximum Gasteiger partial charge on any atom is 0.147 e. The Morgan fingerprint density at radius 2 is 2.14 bits per heavy atom. The van der Waals surface area contributed by atoms with Gasteiger partial charge in [0, 0.05) is 18.0 Å². The van der Waals surface area contributed by atoms with Gasteiger partial charge < -0.3 is 11.5 Å².